The minimum atomic E-state index is -0.935. The van der Waals surface area contributed by atoms with E-state index in [0.29, 0.717) is 56.1 Å². The van der Waals surface area contributed by atoms with Gasteiger partial charge in [0.05, 0.1) is 18.3 Å². The molecule has 7 fully saturated rings. The van der Waals surface area contributed by atoms with Gasteiger partial charge < -0.3 is 35.5 Å². The fraction of sp³-hybridized carbons (Fsp3) is 0.825. The van der Waals surface area contributed by atoms with Crippen LogP contribution in [0.2, 0.25) is 0 Å². The van der Waals surface area contributed by atoms with E-state index in [1.807, 2.05) is 48.6 Å². The smallest absolute Gasteiger partial charge is 0.334 e. The summed E-state index contributed by atoms with van der Waals surface area (Å²) in [4.78, 5) is 43.0. The van der Waals surface area contributed by atoms with Crippen LogP contribution in [0.4, 0.5) is 0 Å². The first-order chi connectivity index (χ1) is 25.0. The molecule has 12 heteroatoms. The molecule has 2 saturated carbocycles. The van der Waals surface area contributed by atoms with Gasteiger partial charge in [0.25, 0.3) is 0 Å². The summed E-state index contributed by atoms with van der Waals surface area (Å²) in [5.41, 5.74) is 6.98. The zero-order valence-electron chi connectivity index (χ0n) is 31.5. The minimum Gasteiger partial charge on any atom is -0.462 e. The lowest BCUT2D eigenvalue weighted by molar-refractivity contribution is -0.229. The topological polar surface area (TPSA) is 132 Å². The molecule has 0 radical (unpaired) electrons. The summed E-state index contributed by atoms with van der Waals surface area (Å²) in [5.74, 6) is 1.82. The number of hydrogen-bond acceptors (Lipinski definition) is 11. The average molecular weight is 757 g/mol. The summed E-state index contributed by atoms with van der Waals surface area (Å²) in [6, 6.07) is 0.253. The molecule has 0 aromatic rings. The molecular weight excluding hydrogens is 697 g/mol. The van der Waals surface area contributed by atoms with Crippen molar-refractivity contribution in [2.45, 2.75) is 138 Å². The Labute approximate surface area is 317 Å². The summed E-state index contributed by atoms with van der Waals surface area (Å²) in [5, 5.41) is 6.99. The quantitative estimate of drug-likeness (QED) is 0.153. The molecule has 4 N–H and O–H groups in total. The SMILES string of the molecule is CC=C(C)C(=O)O[C@@]1(C)CC=C2CSSC3(CCCC3)[C@@H]3[C@H](CNC)CN3C(=O)CC3CNC(N)CC3[C@H]2[C@@]12CC1CC3CCC(=O)OC3CC1O2. The van der Waals surface area contributed by atoms with Crippen molar-refractivity contribution in [2.75, 3.05) is 32.4 Å². The van der Waals surface area contributed by atoms with Crippen molar-refractivity contribution >= 4 is 39.4 Å². The fourth-order valence-electron chi connectivity index (χ4n) is 12.1. The van der Waals surface area contributed by atoms with Crippen molar-refractivity contribution in [3.05, 3.63) is 23.3 Å². The van der Waals surface area contributed by atoms with Gasteiger partial charge in [0, 0.05) is 73.2 Å². The fourth-order valence-corrected chi connectivity index (χ4v) is 15.7. The number of rotatable bonds is 4. The summed E-state index contributed by atoms with van der Waals surface area (Å²) >= 11 is 0. The molecule has 10 nitrogen and oxygen atoms in total. The number of hydrogen-bond donors (Lipinski definition) is 3. The van der Waals surface area contributed by atoms with Gasteiger partial charge >= 0.3 is 11.9 Å². The second-order valence-corrected chi connectivity index (χ2v) is 20.4. The minimum absolute atomic E-state index is 0.0505. The first-order valence-corrected chi connectivity index (χ1v) is 22.5. The lowest BCUT2D eigenvalue weighted by atomic mass is 9.56. The second kappa shape index (κ2) is 14.5. The van der Waals surface area contributed by atoms with Crippen LogP contribution in [0.25, 0.3) is 0 Å². The van der Waals surface area contributed by atoms with Gasteiger partial charge in [0.2, 0.25) is 5.91 Å². The van der Waals surface area contributed by atoms with Crippen molar-refractivity contribution in [1.29, 1.82) is 0 Å². The first kappa shape index (κ1) is 37.4. The van der Waals surface area contributed by atoms with Crippen molar-refractivity contribution in [3.8, 4) is 0 Å². The van der Waals surface area contributed by atoms with Crippen LogP contribution in [0.3, 0.4) is 0 Å². The van der Waals surface area contributed by atoms with Crippen LogP contribution in [-0.2, 0) is 28.6 Å². The highest BCUT2D eigenvalue weighted by atomic mass is 33.1. The number of nitrogens with two attached hydrogens (primary N) is 1. The van der Waals surface area contributed by atoms with Crippen molar-refractivity contribution < 1.29 is 28.6 Å². The molecule has 0 aromatic carbocycles. The average Bonchev–Trinajstić information content (AvgIpc) is 3.72. The molecule has 3 aliphatic carbocycles. The van der Waals surface area contributed by atoms with Crippen LogP contribution in [-0.4, -0.2) is 95.5 Å². The number of amides is 1. The van der Waals surface area contributed by atoms with Gasteiger partial charge in [-0.15, -0.1) is 0 Å². The summed E-state index contributed by atoms with van der Waals surface area (Å²) in [6.07, 6.45) is 14.0. The van der Waals surface area contributed by atoms with Crippen molar-refractivity contribution in [2.24, 2.45) is 41.2 Å². The number of piperidine rings is 1. The monoisotopic (exact) mass is 756 g/mol. The summed E-state index contributed by atoms with van der Waals surface area (Å²) in [6.45, 7) is 8.21. The van der Waals surface area contributed by atoms with Crippen molar-refractivity contribution in [3.63, 3.8) is 0 Å². The molecule has 12 atom stereocenters. The van der Waals surface area contributed by atoms with Crippen molar-refractivity contribution in [1.82, 2.24) is 15.5 Å². The van der Waals surface area contributed by atoms with E-state index in [1.54, 1.807) is 0 Å². The Bertz CT molecular complexity index is 1490. The van der Waals surface area contributed by atoms with Crippen LogP contribution in [0, 0.1) is 35.5 Å². The molecule has 7 unspecified atom stereocenters. The largest absolute Gasteiger partial charge is 0.462 e. The van der Waals surface area contributed by atoms with Gasteiger partial charge in [-0.3, -0.25) is 9.59 Å². The number of carbonyl (C=O) groups is 3. The van der Waals surface area contributed by atoms with E-state index in [4.69, 9.17) is 19.9 Å². The number of nitrogens with zero attached hydrogens (tertiary/aromatic N) is 1. The van der Waals surface area contributed by atoms with Gasteiger partial charge in [0.1, 0.15) is 17.3 Å². The van der Waals surface area contributed by atoms with Crippen LogP contribution >= 0.6 is 21.6 Å². The van der Waals surface area contributed by atoms with E-state index in [2.05, 4.69) is 28.5 Å². The Morgan fingerprint density at radius 2 is 1.98 bits per heavy atom. The van der Waals surface area contributed by atoms with Crippen LogP contribution in [0.15, 0.2) is 23.3 Å². The second-order valence-electron chi connectivity index (χ2n) is 17.7. The molecule has 2 spiro atoms. The Balaban J connectivity index is 1.21. The molecule has 1 amide bonds. The molecule has 8 aliphatic rings. The lowest BCUT2D eigenvalue weighted by Crippen LogP contribution is -2.69. The van der Waals surface area contributed by atoms with Gasteiger partial charge in [-0.2, -0.15) is 0 Å². The van der Waals surface area contributed by atoms with E-state index < -0.39 is 11.2 Å². The number of esters is 2. The van der Waals surface area contributed by atoms with Gasteiger partial charge in [-0.1, -0.05) is 52.2 Å². The van der Waals surface area contributed by atoms with Crippen LogP contribution < -0.4 is 16.4 Å². The number of nitrogens with one attached hydrogen (secondary N) is 2. The first-order valence-electron chi connectivity index (χ1n) is 20.2. The number of carbonyl (C=O) groups excluding carboxylic acids is 3. The van der Waals surface area contributed by atoms with E-state index in [-0.39, 0.29) is 70.7 Å². The maximum Gasteiger partial charge on any atom is 0.334 e. The highest BCUT2D eigenvalue weighted by Crippen LogP contribution is 2.63. The molecule has 288 valence electrons. The third-order valence-electron chi connectivity index (χ3n) is 14.8. The van der Waals surface area contributed by atoms with E-state index >= 15 is 0 Å². The molecule has 5 saturated heterocycles. The molecule has 0 aromatic heterocycles. The van der Waals surface area contributed by atoms with Crippen LogP contribution in [0.1, 0.15) is 97.8 Å². The Morgan fingerprint density at radius 3 is 2.75 bits per heavy atom. The molecule has 0 bridgehead atoms. The third kappa shape index (κ3) is 6.31. The molecule has 52 heavy (non-hydrogen) atoms. The molecular formula is C40H60N4O6S2. The number of ether oxygens (including phenoxy) is 3. The predicted molar refractivity (Wildman–Crippen MR) is 204 cm³/mol. The van der Waals surface area contributed by atoms with Crippen LogP contribution in [0.5, 0.6) is 0 Å². The van der Waals surface area contributed by atoms with E-state index in [1.165, 1.54) is 18.4 Å². The standard InChI is InChI=1S/C40H60N4O6S2/c1-5-23(2)37(47)50-38(3)13-10-25-22-51-52-39(11-6-7-12-39)36-28(19-42-4)21-44(36)33(45)15-27-20-43-32(41)16-29(27)35(25)40(38)18-26-14-24-8-9-34(46)48-30(24)17-31(26)49-40/h5,10,24,26-32,35-36,42-43H,6-9,11-22,41H2,1-4H3/t24?,26?,27?,28-,29?,30?,31?,32?,35+,36+,38+,40+/m1/s1. The maximum absolute atomic E-state index is 14.6. The van der Waals surface area contributed by atoms with Gasteiger partial charge in [-0.05, 0) is 90.0 Å². The van der Waals surface area contributed by atoms with E-state index in [9.17, 15) is 14.4 Å². The molecule has 5 heterocycles. The highest BCUT2D eigenvalue weighted by Gasteiger charge is 2.68. The Hall–Kier alpha value is -1.57. The third-order valence-corrected chi connectivity index (χ3v) is 18.0. The Kier molecular flexibility index (Phi) is 10.4. The zero-order chi connectivity index (χ0) is 36.4. The molecule has 8 rings (SSSR count). The lowest BCUT2D eigenvalue weighted by Gasteiger charge is -2.58. The van der Waals surface area contributed by atoms with E-state index in [0.717, 1.165) is 50.9 Å². The number of allylic oxidation sites excluding steroid dienone is 1. The maximum atomic E-state index is 14.6. The zero-order valence-corrected chi connectivity index (χ0v) is 33.2. The predicted octanol–water partition coefficient (Wildman–Crippen LogP) is 5.12. The van der Waals surface area contributed by atoms with Gasteiger partial charge in [-0.25, -0.2) is 4.79 Å². The van der Waals surface area contributed by atoms with Gasteiger partial charge in [0.15, 0.2) is 0 Å². The molecule has 5 aliphatic heterocycles. The highest BCUT2D eigenvalue weighted by molar-refractivity contribution is 8.77. The summed E-state index contributed by atoms with van der Waals surface area (Å²) in [7, 11) is 6.04. The number of fused-ring (bicyclic) bond motifs is 8. The normalized spacial score (nSPS) is 44.5. The Morgan fingerprint density at radius 1 is 1.17 bits per heavy atom. The summed E-state index contributed by atoms with van der Waals surface area (Å²) < 4.78 is 20.3.